The Hall–Kier alpha value is -2.07. The summed E-state index contributed by atoms with van der Waals surface area (Å²) in [4.78, 5) is 12.2. The Balaban J connectivity index is 1.71. The standard InChI is InChI=1S/C21H21BrN2O/c1-2-23-21(25)14-8-11-19-18(12-14)16-4-3-5-17(16)20(24-19)13-6-9-15(22)10-7-13/h3-4,6-12,16-17,20,24H,2,5H2,1H3,(H,23,25)/t16-,17-,20+/m1/s1. The van der Waals surface area contributed by atoms with Crippen molar-refractivity contribution < 1.29 is 4.79 Å². The van der Waals surface area contributed by atoms with Gasteiger partial charge in [0.15, 0.2) is 0 Å². The Morgan fingerprint density at radius 2 is 2.04 bits per heavy atom. The molecule has 2 aromatic rings. The zero-order valence-electron chi connectivity index (χ0n) is 14.1. The van der Waals surface area contributed by atoms with Gasteiger partial charge < -0.3 is 10.6 Å². The second-order valence-electron chi connectivity index (χ2n) is 6.69. The summed E-state index contributed by atoms with van der Waals surface area (Å²) in [5, 5.41) is 6.60. The van der Waals surface area contributed by atoms with Crippen molar-refractivity contribution in [3.8, 4) is 0 Å². The summed E-state index contributed by atoms with van der Waals surface area (Å²) < 4.78 is 1.10. The zero-order valence-corrected chi connectivity index (χ0v) is 15.7. The highest BCUT2D eigenvalue weighted by Gasteiger charge is 2.38. The van der Waals surface area contributed by atoms with Gasteiger partial charge in [-0.25, -0.2) is 0 Å². The molecular formula is C21H21BrN2O. The summed E-state index contributed by atoms with van der Waals surface area (Å²) in [6.07, 6.45) is 5.64. The lowest BCUT2D eigenvalue weighted by atomic mass is 9.76. The number of fused-ring (bicyclic) bond motifs is 3. The van der Waals surface area contributed by atoms with Crippen molar-refractivity contribution in [2.75, 3.05) is 11.9 Å². The molecule has 2 aliphatic rings. The van der Waals surface area contributed by atoms with Crippen molar-refractivity contribution in [1.82, 2.24) is 5.32 Å². The number of carbonyl (C=O) groups is 1. The maximum Gasteiger partial charge on any atom is 0.251 e. The van der Waals surface area contributed by atoms with Gasteiger partial charge in [0.25, 0.3) is 5.91 Å². The third-order valence-corrected chi connectivity index (χ3v) is 5.72. The Morgan fingerprint density at radius 1 is 1.24 bits per heavy atom. The lowest BCUT2D eigenvalue weighted by Gasteiger charge is -2.37. The molecule has 3 nitrogen and oxygen atoms in total. The van der Waals surface area contributed by atoms with Gasteiger partial charge in [0.1, 0.15) is 0 Å². The quantitative estimate of drug-likeness (QED) is 0.714. The molecule has 1 aliphatic carbocycles. The normalized spacial score (nSPS) is 23.5. The number of nitrogens with one attached hydrogen (secondary N) is 2. The molecule has 0 spiro atoms. The number of hydrogen-bond acceptors (Lipinski definition) is 2. The SMILES string of the molecule is CCNC(=O)c1ccc2c(c1)[C@@H]1C=CC[C@H]1[C@H](c1ccc(Br)cc1)N2. The predicted molar refractivity (Wildman–Crippen MR) is 105 cm³/mol. The van der Waals surface area contributed by atoms with Crippen LogP contribution in [0, 0.1) is 5.92 Å². The Kier molecular flexibility index (Phi) is 4.38. The summed E-state index contributed by atoms with van der Waals surface area (Å²) in [7, 11) is 0. The fraction of sp³-hybridized carbons (Fsp3) is 0.286. The van der Waals surface area contributed by atoms with Gasteiger partial charge in [-0.15, -0.1) is 0 Å². The van der Waals surface area contributed by atoms with Gasteiger partial charge in [0, 0.05) is 28.2 Å². The average Bonchev–Trinajstić information content (AvgIpc) is 3.11. The van der Waals surface area contributed by atoms with Crippen LogP contribution in [0.25, 0.3) is 0 Å². The van der Waals surface area contributed by atoms with Crippen LogP contribution in [0.4, 0.5) is 5.69 Å². The molecule has 2 aromatic carbocycles. The van der Waals surface area contributed by atoms with E-state index in [0.717, 1.165) is 22.1 Å². The molecule has 0 saturated carbocycles. The topological polar surface area (TPSA) is 41.1 Å². The molecule has 1 aliphatic heterocycles. The summed E-state index contributed by atoms with van der Waals surface area (Å²) in [6, 6.07) is 14.9. The van der Waals surface area contributed by atoms with Gasteiger partial charge >= 0.3 is 0 Å². The molecule has 0 radical (unpaired) electrons. The first kappa shape index (κ1) is 16.4. The number of benzene rings is 2. The van der Waals surface area contributed by atoms with Gasteiger partial charge in [-0.3, -0.25) is 4.79 Å². The minimum Gasteiger partial charge on any atom is -0.378 e. The third-order valence-electron chi connectivity index (χ3n) is 5.19. The molecule has 0 aromatic heterocycles. The summed E-state index contributed by atoms with van der Waals surface area (Å²) >= 11 is 3.52. The first-order valence-electron chi connectivity index (χ1n) is 8.78. The molecule has 1 heterocycles. The number of hydrogen-bond donors (Lipinski definition) is 2. The second kappa shape index (κ2) is 6.68. The molecule has 0 saturated heterocycles. The van der Waals surface area contributed by atoms with Crippen LogP contribution in [0.2, 0.25) is 0 Å². The van der Waals surface area contributed by atoms with Gasteiger partial charge in [-0.05, 0) is 60.7 Å². The molecule has 4 rings (SSSR count). The average molecular weight is 397 g/mol. The van der Waals surface area contributed by atoms with Crippen LogP contribution in [0.5, 0.6) is 0 Å². The van der Waals surface area contributed by atoms with Gasteiger partial charge in [-0.2, -0.15) is 0 Å². The molecule has 3 atom stereocenters. The van der Waals surface area contributed by atoms with E-state index in [1.807, 2.05) is 19.1 Å². The van der Waals surface area contributed by atoms with Gasteiger partial charge in [-0.1, -0.05) is 40.2 Å². The Labute approximate surface area is 156 Å². The van der Waals surface area contributed by atoms with Crippen molar-refractivity contribution >= 4 is 27.5 Å². The van der Waals surface area contributed by atoms with Crippen LogP contribution >= 0.6 is 15.9 Å². The van der Waals surface area contributed by atoms with E-state index in [-0.39, 0.29) is 11.9 Å². The maximum absolute atomic E-state index is 12.2. The highest BCUT2D eigenvalue weighted by Crippen LogP contribution is 2.49. The number of halogens is 1. The number of carbonyl (C=O) groups excluding carboxylic acids is 1. The lowest BCUT2D eigenvalue weighted by Crippen LogP contribution is -2.30. The molecule has 0 fully saturated rings. The molecule has 2 N–H and O–H groups in total. The van der Waals surface area contributed by atoms with Gasteiger partial charge in [0.2, 0.25) is 0 Å². The maximum atomic E-state index is 12.2. The van der Waals surface area contributed by atoms with Crippen LogP contribution < -0.4 is 10.6 Å². The molecule has 0 bridgehead atoms. The van der Waals surface area contributed by atoms with Gasteiger partial charge in [0.05, 0.1) is 6.04 Å². The van der Waals surface area contributed by atoms with E-state index in [1.165, 1.54) is 11.1 Å². The first-order valence-corrected chi connectivity index (χ1v) is 9.57. The lowest BCUT2D eigenvalue weighted by molar-refractivity contribution is 0.0955. The Morgan fingerprint density at radius 3 is 2.80 bits per heavy atom. The van der Waals surface area contributed by atoms with Crippen molar-refractivity contribution in [3.63, 3.8) is 0 Å². The molecule has 1 amide bonds. The molecular weight excluding hydrogens is 376 g/mol. The monoisotopic (exact) mass is 396 g/mol. The number of amides is 1. The number of allylic oxidation sites excluding steroid dienone is 2. The molecule has 4 heteroatoms. The van der Waals surface area contributed by atoms with Crippen molar-refractivity contribution in [2.45, 2.75) is 25.3 Å². The molecule has 25 heavy (non-hydrogen) atoms. The number of rotatable bonds is 3. The van der Waals surface area contributed by atoms with Crippen LogP contribution in [0.3, 0.4) is 0 Å². The summed E-state index contributed by atoms with van der Waals surface area (Å²) in [5.41, 5.74) is 4.41. The van der Waals surface area contributed by atoms with E-state index in [2.05, 4.69) is 69.0 Å². The van der Waals surface area contributed by atoms with E-state index in [0.29, 0.717) is 18.4 Å². The third kappa shape index (κ3) is 2.99. The second-order valence-corrected chi connectivity index (χ2v) is 7.60. The van der Waals surface area contributed by atoms with E-state index < -0.39 is 0 Å². The summed E-state index contributed by atoms with van der Waals surface area (Å²) in [5.74, 6) is 0.844. The van der Waals surface area contributed by atoms with Crippen molar-refractivity contribution in [2.24, 2.45) is 5.92 Å². The smallest absolute Gasteiger partial charge is 0.251 e. The first-order chi connectivity index (χ1) is 12.2. The molecule has 0 unspecified atom stereocenters. The predicted octanol–water partition coefficient (Wildman–Crippen LogP) is 5.03. The van der Waals surface area contributed by atoms with Crippen LogP contribution in [-0.4, -0.2) is 12.5 Å². The van der Waals surface area contributed by atoms with E-state index >= 15 is 0 Å². The summed E-state index contributed by atoms with van der Waals surface area (Å²) in [6.45, 7) is 2.59. The highest BCUT2D eigenvalue weighted by molar-refractivity contribution is 9.10. The van der Waals surface area contributed by atoms with E-state index in [9.17, 15) is 4.79 Å². The largest absolute Gasteiger partial charge is 0.378 e. The fourth-order valence-electron chi connectivity index (χ4n) is 4.00. The highest BCUT2D eigenvalue weighted by atomic mass is 79.9. The van der Waals surface area contributed by atoms with Crippen LogP contribution in [0.1, 0.15) is 46.8 Å². The van der Waals surface area contributed by atoms with Crippen LogP contribution in [-0.2, 0) is 0 Å². The fourth-order valence-corrected chi connectivity index (χ4v) is 4.26. The van der Waals surface area contributed by atoms with Crippen LogP contribution in [0.15, 0.2) is 59.1 Å². The molecule has 128 valence electrons. The van der Waals surface area contributed by atoms with E-state index in [4.69, 9.17) is 0 Å². The van der Waals surface area contributed by atoms with E-state index in [1.54, 1.807) is 0 Å². The zero-order chi connectivity index (χ0) is 17.4. The van der Waals surface area contributed by atoms with Crippen molar-refractivity contribution in [3.05, 3.63) is 75.8 Å². The number of anilines is 1. The minimum atomic E-state index is -0.00106. The Bertz CT molecular complexity index is 828. The minimum absolute atomic E-state index is 0.00106. The van der Waals surface area contributed by atoms with Crippen molar-refractivity contribution in [1.29, 1.82) is 0 Å².